The summed E-state index contributed by atoms with van der Waals surface area (Å²) in [7, 11) is 1.28. The topological polar surface area (TPSA) is 47.9 Å². The van der Waals surface area contributed by atoms with Gasteiger partial charge in [0.2, 0.25) is 0 Å². The normalized spacial score (nSPS) is 10.8. The quantitative estimate of drug-likeness (QED) is 0.349. The summed E-state index contributed by atoms with van der Waals surface area (Å²) >= 11 is 6.85. The molecule has 0 saturated heterocycles. The van der Waals surface area contributed by atoms with E-state index in [1.165, 1.54) is 7.11 Å². The lowest BCUT2D eigenvalue weighted by Crippen LogP contribution is -2.02. The summed E-state index contributed by atoms with van der Waals surface area (Å²) in [5.74, 6) is -0.544. The maximum absolute atomic E-state index is 10.7. The molecule has 0 unspecified atom stereocenters. The summed E-state index contributed by atoms with van der Waals surface area (Å²) in [6.07, 6.45) is 0.988. The zero-order chi connectivity index (χ0) is 12.7. The van der Waals surface area contributed by atoms with Crippen molar-refractivity contribution in [1.29, 1.82) is 0 Å². The molecule has 0 fully saturated rings. The third-order valence-corrected chi connectivity index (χ3v) is 2.93. The molecule has 17 heavy (non-hydrogen) atoms. The van der Waals surface area contributed by atoms with Crippen LogP contribution in [0.25, 0.3) is 0 Å². The smallest absolute Gasteiger partial charge is 0.352 e. The molecule has 6 heteroatoms. The molecule has 1 aromatic carbocycles. The van der Waals surface area contributed by atoms with E-state index in [1.54, 1.807) is 0 Å². The van der Waals surface area contributed by atoms with Crippen molar-refractivity contribution < 1.29 is 14.4 Å². The number of nitrogens with zero attached hydrogens (tertiary/aromatic N) is 1. The number of ether oxygens (including phenoxy) is 1. The summed E-state index contributed by atoms with van der Waals surface area (Å²) in [5, 5.41) is 3.51. The number of benzene rings is 1. The molecule has 0 aromatic heterocycles. The monoisotopic (exact) mass is 363 g/mol. The van der Waals surface area contributed by atoms with Crippen molar-refractivity contribution in [3.63, 3.8) is 0 Å². The summed E-state index contributed by atoms with van der Waals surface area (Å²) in [4.78, 5) is 15.7. The van der Waals surface area contributed by atoms with Crippen molar-refractivity contribution in [2.75, 3.05) is 7.11 Å². The Kier molecular flexibility index (Phi) is 6.21. The minimum absolute atomic E-state index is 0.0550. The Morgan fingerprint density at radius 2 is 2.18 bits per heavy atom. The van der Waals surface area contributed by atoms with Gasteiger partial charge in [-0.25, -0.2) is 4.79 Å². The molecule has 0 amide bonds. The third-order valence-electron chi connectivity index (χ3n) is 1.94. The Bertz CT molecular complexity index is 407. The molecule has 0 heterocycles. The van der Waals surface area contributed by atoms with Crippen molar-refractivity contribution in [2.24, 2.45) is 5.16 Å². The number of hydrogen-bond acceptors (Lipinski definition) is 4. The number of oxime groups is 1. The molecule has 0 saturated carbocycles. The van der Waals surface area contributed by atoms with Gasteiger partial charge in [0.25, 0.3) is 0 Å². The molecular formula is C11H11Br2NO3. The van der Waals surface area contributed by atoms with Crippen LogP contribution in [0.15, 0.2) is 29.4 Å². The number of carbonyl (C=O) groups is 1. The van der Waals surface area contributed by atoms with Crippen LogP contribution in [0, 0.1) is 0 Å². The van der Waals surface area contributed by atoms with Gasteiger partial charge in [-0.1, -0.05) is 61.3 Å². The second kappa shape index (κ2) is 7.45. The molecule has 0 atom stereocenters. The fourth-order valence-corrected chi connectivity index (χ4v) is 2.01. The van der Waals surface area contributed by atoms with E-state index in [-0.39, 0.29) is 10.3 Å². The summed E-state index contributed by atoms with van der Waals surface area (Å²) < 4.78 is 4.44. The van der Waals surface area contributed by atoms with Crippen LogP contribution >= 0.6 is 31.9 Å². The number of halogens is 2. The lowest BCUT2D eigenvalue weighted by atomic mass is 10.1. The molecule has 1 rings (SSSR count). The van der Waals surface area contributed by atoms with Gasteiger partial charge < -0.3 is 9.57 Å². The number of methoxy groups -OCH3 is 1. The lowest BCUT2D eigenvalue weighted by molar-refractivity contribution is -0.132. The van der Waals surface area contributed by atoms with E-state index in [0.717, 1.165) is 17.3 Å². The summed E-state index contributed by atoms with van der Waals surface area (Å²) in [5.41, 5.74) is 2.04. The minimum atomic E-state index is -0.544. The number of rotatable bonds is 5. The van der Waals surface area contributed by atoms with Gasteiger partial charge in [-0.15, -0.1) is 0 Å². The molecule has 0 spiro atoms. The zero-order valence-corrected chi connectivity index (χ0v) is 12.3. The highest BCUT2D eigenvalue weighted by atomic mass is 79.9. The average molecular weight is 365 g/mol. The van der Waals surface area contributed by atoms with Crippen molar-refractivity contribution in [3.05, 3.63) is 35.4 Å². The standard InChI is InChI=1S/C11H11Br2NO3/c1-16-10(15)6-14-17-7-8-4-2-3-5-9(8)11(12)13/h2-6,11H,7H2,1H3/b14-6+. The van der Waals surface area contributed by atoms with Crippen LogP contribution in [-0.2, 0) is 21.0 Å². The molecule has 0 radical (unpaired) electrons. The van der Waals surface area contributed by atoms with E-state index < -0.39 is 5.97 Å². The van der Waals surface area contributed by atoms with Gasteiger partial charge in [-0.2, -0.15) is 0 Å². The molecule has 0 bridgehead atoms. The summed E-state index contributed by atoms with van der Waals surface area (Å²) in [6, 6.07) is 7.75. The Morgan fingerprint density at radius 3 is 2.82 bits per heavy atom. The number of carbonyl (C=O) groups excluding carboxylic acids is 1. The molecule has 0 N–H and O–H groups in total. The van der Waals surface area contributed by atoms with E-state index in [1.807, 2.05) is 24.3 Å². The van der Waals surface area contributed by atoms with Gasteiger partial charge in [0.05, 0.1) is 10.8 Å². The summed E-state index contributed by atoms with van der Waals surface area (Å²) in [6.45, 7) is 0.289. The van der Waals surface area contributed by atoms with E-state index >= 15 is 0 Å². The Hall–Kier alpha value is -0.880. The van der Waals surface area contributed by atoms with E-state index in [9.17, 15) is 4.79 Å². The molecule has 0 aliphatic rings. The number of esters is 1. The largest absolute Gasteiger partial charge is 0.465 e. The highest BCUT2D eigenvalue weighted by Gasteiger charge is 2.08. The van der Waals surface area contributed by atoms with Gasteiger partial charge in [-0.3, -0.25) is 0 Å². The Balaban J connectivity index is 2.57. The zero-order valence-electron chi connectivity index (χ0n) is 9.10. The maximum atomic E-state index is 10.7. The lowest BCUT2D eigenvalue weighted by Gasteiger charge is -2.08. The van der Waals surface area contributed by atoms with Gasteiger partial charge in [0.15, 0.2) is 6.21 Å². The molecule has 92 valence electrons. The van der Waals surface area contributed by atoms with Gasteiger partial charge in [0, 0.05) is 0 Å². The second-order valence-electron chi connectivity index (χ2n) is 3.03. The Labute approximate surface area is 116 Å². The molecule has 4 nitrogen and oxygen atoms in total. The van der Waals surface area contributed by atoms with Crippen molar-refractivity contribution >= 4 is 44.0 Å². The predicted octanol–water partition coefficient (Wildman–Crippen LogP) is 3.15. The maximum Gasteiger partial charge on any atom is 0.352 e. The number of alkyl halides is 2. The SMILES string of the molecule is COC(=O)/C=N/OCc1ccccc1C(Br)Br. The van der Waals surface area contributed by atoms with Crippen LogP contribution in [0.2, 0.25) is 0 Å². The van der Waals surface area contributed by atoms with Crippen LogP contribution < -0.4 is 0 Å². The van der Waals surface area contributed by atoms with E-state index in [4.69, 9.17) is 4.84 Å². The first-order valence-corrected chi connectivity index (χ1v) is 6.57. The fourth-order valence-electron chi connectivity index (χ4n) is 1.12. The minimum Gasteiger partial charge on any atom is -0.465 e. The fraction of sp³-hybridized carbons (Fsp3) is 0.273. The predicted molar refractivity (Wildman–Crippen MR) is 72.3 cm³/mol. The van der Waals surface area contributed by atoms with Crippen LogP contribution in [0.5, 0.6) is 0 Å². The average Bonchev–Trinajstić information content (AvgIpc) is 2.34. The molecule has 0 aliphatic carbocycles. The highest BCUT2D eigenvalue weighted by molar-refractivity contribution is 9.24. The first-order valence-electron chi connectivity index (χ1n) is 4.74. The van der Waals surface area contributed by atoms with Crippen LogP contribution in [-0.4, -0.2) is 19.3 Å². The number of hydrogen-bond donors (Lipinski definition) is 0. The molecular weight excluding hydrogens is 354 g/mol. The first kappa shape index (κ1) is 14.2. The van der Waals surface area contributed by atoms with Crippen molar-refractivity contribution in [3.8, 4) is 0 Å². The highest BCUT2D eigenvalue weighted by Crippen LogP contribution is 2.31. The van der Waals surface area contributed by atoms with Gasteiger partial charge in [0.1, 0.15) is 6.61 Å². The van der Waals surface area contributed by atoms with Crippen molar-refractivity contribution in [1.82, 2.24) is 0 Å². The van der Waals surface area contributed by atoms with Crippen molar-refractivity contribution in [2.45, 2.75) is 10.3 Å². The molecule has 0 aliphatic heterocycles. The van der Waals surface area contributed by atoms with Crippen LogP contribution in [0.1, 0.15) is 14.9 Å². The van der Waals surface area contributed by atoms with E-state index in [0.29, 0.717) is 0 Å². The third kappa shape index (κ3) is 4.87. The first-order chi connectivity index (χ1) is 8.15. The van der Waals surface area contributed by atoms with Crippen LogP contribution in [0.4, 0.5) is 0 Å². The van der Waals surface area contributed by atoms with Crippen LogP contribution in [0.3, 0.4) is 0 Å². The Morgan fingerprint density at radius 1 is 1.47 bits per heavy atom. The second-order valence-corrected chi connectivity index (χ2v) is 6.09. The van der Waals surface area contributed by atoms with Gasteiger partial charge >= 0.3 is 5.97 Å². The van der Waals surface area contributed by atoms with Gasteiger partial charge in [-0.05, 0) is 11.1 Å². The molecule has 1 aromatic rings. The van der Waals surface area contributed by atoms with E-state index in [2.05, 4.69) is 41.8 Å².